The first-order chi connectivity index (χ1) is 9.08. The summed E-state index contributed by atoms with van der Waals surface area (Å²) in [6.45, 7) is 6.05. The van der Waals surface area contributed by atoms with Gasteiger partial charge in [0.2, 0.25) is 11.8 Å². The van der Waals surface area contributed by atoms with Crippen molar-refractivity contribution < 1.29 is 14.3 Å². The predicted molar refractivity (Wildman–Crippen MR) is 71.6 cm³/mol. The van der Waals surface area contributed by atoms with Crippen LogP contribution in [0, 0.1) is 5.92 Å². The van der Waals surface area contributed by atoms with E-state index in [1.165, 1.54) is 0 Å². The molecule has 2 aliphatic rings. The molecular weight excluding hydrogens is 244 g/mol. The number of nitrogens with zero attached hydrogens (tertiary/aromatic N) is 1. The Bertz CT molecular complexity index is 338. The van der Waals surface area contributed by atoms with Crippen LogP contribution in [0.4, 0.5) is 0 Å². The van der Waals surface area contributed by atoms with Crippen LogP contribution in [0.3, 0.4) is 0 Å². The van der Waals surface area contributed by atoms with Crippen LogP contribution in [0.15, 0.2) is 0 Å². The summed E-state index contributed by atoms with van der Waals surface area (Å²) in [7, 11) is 0. The largest absolute Gasteiger partial charge is 0.379 e. The molecule has 0 aliphatic carbocycles. The molecule has 0 radical (unpaired) electrons. The van der Waals surface area contributed by atoms with Crippen LogP contribution in [0.25, 0.3) is 0 Å². The standard InChI is InChI=1S/C14H24N2O3/c1-10(2)8-12-14(18)16(6-5-13(17)15-12)11-4-3-7-19-9-11/h10-12H,3-9H2,1-2H3,(H,15,17). The van der Waals surface area contributed by atoms with Gasteiger partial charge in [-0.1, -0.05) is 13.8 Å². The van der Waals surface area contributed by atoms with Gasteiger partial charge in [-0.05, 0) is 25.2 Å². The quantitative estimate of drug-likeness (QED) is 0.828. The number of rotatable bonds is 3. The van der Waals surface area contributed by atoms with E-state index in [1.54, 1.807) is 0 Å². The van der Waals surface area contributed by atoms with Gasteiger partial charge < -0.3 is 15.0 Å². The molecule has 2 atom stereocenters. The minimum atomic E-state index is -0.364. The fourth-order valence-corrected chi connectivity index (χ4v) is 2.82. The number of hydrogen-bond donors (Lipinski definition) is 1. The zero-order valence-electron chi connectivity index (χ0n) is 11.9. The van der Waals surface area contributed by atoms with Gasteiger partial charge >= 0.3 is 0 Å². The van der Waals surface area contributed by atoms with E-state index in [1.807, 2.05) is 4.90 Å². The number of carbonyl (C=O) groups is 2. The van der Waals surface area contributed by atoms with Crippen molar-refractivity contribution in [3.8, 4) is 0 Å². The summed E-state index contributed by atoms with van der Waals surface area (Å²) in [5.74, 6) is 0.435. The zero-order valence-corrected chi connectivity index (χ0v) is 11.9. The van der Waals surface area contributed by atoms with E-state index >= 15 is 0 Å². The molecule has 0 spiro atoms. The van der Waals surface area contributed by atoms with E-state index in [-0.39, 0.29) is 23.9 Å². The van der Waals surface area contributed by atoms with Crippen molar-refractivity contribution in [2.24, 2.45) is 5.92 Å². The Kier molecular flexibility index (Phi) is 4.80. The molecule has 0 saturated carbocycles. The van der Waals surface area contributed by atoms with Crippen LogP contribution in [-0.2, 0) is 14.3 Å². The summed E-state index contributed by atoms with van der Waals surface area (Å²) < 4.78 is 5.47. The fourth-order valence-electron chi connectivity index (χ4n) is 2.82. The summed E-state index contributed by atoms with van der Waals surface area (Å²) in [5.41, 5.74) is 0. The van der Waals surface area contributed by atoms with E-state index < -0.39 is 0 Å². The minimum absolute atomic E-state index is 0.0155. The highest BCUT2D eigenvalue weighted by atomic mass is 16.5. The molecule has 0 aromatic carbocycles. The summed E-state index contributed by atoms with van der Waals surface area (Å²) in [4.78, 5) is 26.2. The monoisotopic (exact) mass is 268 g/mol. The first-order valence-electron chi connectivity index (χ1n) is 7.25. The molecule has 0 aromatic rings. The second-order valence-corrected chi connectivity index (χ2v) is 5.90. The SMILES string of the molecule is CC(C)CC1NC(=O)CCN(C2CCCOC2)C1=O. The molecule has 0 aromatic heterocycles. The predicted octanol–water partition coefficient (Wildman–Crippen LogP) is 0.929. The highest BCUT2D eigenvalue weighted by Crippen LogP contribution is 2.19. The lowest BCUT2D eigenvalue weighted by molar-refractivity contribution is -0.138. The maximum atomic E-state index is 12.6. The third-order valence-electron chi connectivity index (χ3n) is 3.78. The Hall–Kier alpha value is -1.10. The molecule has 2 amide bonds. The van der Waals surface area contributed by atoms with Crippen molar-refractivity contribution in [1.82, 2.24) is 10.2 Å². The highest BCUT2D eigenvalue weighted by molar-refractivity contribution is 5.90. The van der Waals surface area contributed by atoms with Crippen molar-refractivity contribution in [3.63, 3.8) is 0 Å². The van der Waals surface area contributed by atoms with E-state index in [2.05, 4.69) is 19.2 Å². The first-order valence-corrected chi connectivity index (χ1v) is 7.25. The van der Waals surface area contributed by atoms with E-state index in [0.717, 1.165) is 19.4 Å². The number of amides is 2. The van der Waals surface area contributed by atoms with Gasteiger partial charge in [-0.3, -0.25) is 9.59 Å². The second-order valence-electron chi connectivity index (χ2n) is 5.90. The van der Waals surface area contributed by atoms with Gasteiger partial charge in [-0.15, -0.1) is 0 Å². The number of nitrogens with one attached hydrogen (secondary N) is 1. The molecule has 2 unspecified atom stereocenters. The smallest absolute Gasteiger partial charge is 0.245 e. The fraction of sp³-hybridized carbons (Fsp3) is 0.857. The third-order valence-corrected chi connectivity index (χ3v) is 3.78. The number of hydrogen-bond acceptors (Lipinski definition) is 3. The van der Waals surface area contributed by atoms with Crippen molar-refractivity contribution in [1.29, 1.82) is 0 Å². The number of carbonyl (C=O) groups excluding carboxylic acids is 2. The van der Waals surface area contributed by atoms with Gasteiger partial charge in [0.1, 0.15) is 6.04 Å². The normalized spacial score (nSPS) is 29.3. The average Bonchev–Trinajstić information content (AvgIpc) is 2.51. The molecule has 108 valence electrons. The Morgan fingerprint density at radius 3 is 2.84 bits per heavy atom. The maximum absolute atomic E-state index is 12.6. The summed E-state index contributed by atoms with van der Waals surface area (Å²) in [6.07, 6.45) is 3.07. The van der Waals surface area contributed by atoms with Gasteiger partial charge in [0.05, 0.1) is 12.6 Å². The molecule has 19 heavy (non-hydrogen) atoms. The molecule has 5 heteroatoms. The minimum Gasteiger partial charge on any atom is -0.379 e. The van der Waals surface area contributed by atoms with E-state index in [0.29, 0.717) is 31.9 Å². The molecule has 2 aliphatic heterocycles. The lowest BCUT2D eigenvalue weighted by Crippen LogP contribution is -2.51. The van der Waals surface area contributed by atoms with Crippen molar-refractivity contribution in [2.45, 2.75) is 51.6 Å². The van der Waals surface area contributed by atoms with Gasteiger partial charge in [-0.25, -0.2) is 0 Å². The number of ether oxygens (including phenoxy) is 1. The van der Waals surface area contributed by atoms with Crippen LogP contribution in [-0.4, -0.2) is 48.6 Å². The highest BCUT2D eigenvalue weighted by Gasteiger charge is 2.34. The van der Waals surface area contributed by atoms with Crippen LogP contribution in [0.5, 0.6) is 0 Å². The van der Waals surface area contributed by atoms with Crippen LogP contribution in [0.2, 0.25) is 0 Å². The lowest BCUT2D eigenvalue weighted by atomic mass is 10.0. The van der Waals surface area contributed by atoms with Gasteiger partial charge in [0, 0.05) is 19.6 Å². The Morgan fingerprint density at radius 1 is 1.42 bits per heavy atom. The first kappa shape index (κ1) is 14.3. The lowest BCUT2D eigenvalue weighted by Gasteiger charge is -2.34. The average molecular weight is 268 g/mol. The zero-order chi connectivity index (χ0) is 13.8. The molecule has 2 saturated heterocycles. The Balaban J connectivity index is 2.08. The van der Waals surface area contributed by atoms with Crippen molar-refractivity contribution >= 4 is 11.8 Å². The molecule has 2 fully saturated rings. The van der Waals surface area contributed by atoms with Gasteiger partial charge in [0.15, 0.2) is 0 Å². The molecular formula is C14H24N2O3. The summed E-state index contributed by atoms with van der Waals surface area (Å²) in [6, 6.07) is -0.222. The van der Waals surface area contributed by atoms with E-state index in [4.69, 9.17) is 4.74 Å². The summed E-state index contributed by atoms with van der Waals surface area (Å²) >= 11 is 0. The molecule has 2 heterocycles. The van der Waals surface area contributed by atoms with E-state index in [9.17, 15) is 9.59 Å². The van der Waals surface area contributed by atoms with Crippen LogP contribution >= 0.6 is 0 Å². The van der Waals surface area contributed by atoms with Crippen molar-refractivity contribution in [3.05, 3.63) is 0 Å². The summed E-state index contributed by atoms with van der Waals surface area (Å²) in [5, 5.41) is 2.86. The Labute approximate surface area is 114 Å². The maximum Gasteiger partial charge on any atom is 0.245 e. The van der Waals surface area contributed by atoms with Crippen LogP contribution in [0.1, 0.15) is 39.5 Å². The third kappa shape index (κ3) is 3.69. The molecule has 5 nitrogen and oxygen atoms in total. The molecule has 1 N–H and O–H groups in total. The van der Waals surface area contributed by atoms with Crippen LogP contribution < -0.4 is 5.32 Å². The van der Waals surface area contributed by atoms with Gasteiger partial charge in [0.25, 0.3) is 0 Å². The van der Waals surface area contributed by atoms with Gasteiger partial charge in [-0.2, -0.15) is 0 Å². The Morgan fingerprint density at radius 2 is 2.21 bits per heavy atom. The second kappa shape index (κ2) is 6.37. The topological polar surface area (TPSA) is 58.6 Å². The molecule has 2 rings (SSSR count). The van der Waals surface area contributed by atoms with Crippen molar-refractivity contribution in [2.75, 3.05) is 19.8 Å². The molecule has 0 bridgehead atoms.